The van der Waals surface area contributed by atoms with Gasteiger partial charge in [-0.25, -0.2) is 0 Å². The number of halogens is 1. The van der Waals surface area contributed by atoms with Crippen LogP contribution in [0.3, 0.4) is 0 Å². The van der Waals surface area contributed by atoms with E-state index in [2.05, 4.69) is 5.32 Å². The first-order valence-electron chi connectivity index (χ1n) is 8.94. The summed E-state index contributed by atoms with van der Waals surface area (Å²) < 4.78 is 5.58. The van der Waals surface area contributed by atoms with Gasteiger partial charge in [0.05, 0.1) is 12.0 Å². The van der Waals surface area contributed by atoms with E-state index < -0.39 is 5.41 Å². The molecule has 0 spiro atoms. The summed E-state index contributed by atoms with van der Waals surface area (Å²) in [4.78, 5) is 26.9. The standard InChI is InChI=1S/C21H23ClN2O3/c1-4-27-18-8-6-5-7-14(18)12-23-19(25)13-24-17-10-9-15(22)11-16(17)21(2,3)20(24)26/h5-11H,4,12-13H2,1-3H3,(H,23,25). The van der Waals surface area contributed by atoms with Crippen molar-refractivity contribution >= 4 is 29.1 Å². The number of nitrogens with one attached hydrogen (secondary N) is 1. The maximum absolute atomic E-state index is 12.8. The maximum Gasteiger partial charge on any atom is 0.240 e. The lowest BCUT2D eigenvalue weighted by Gasteiger charge is -2.20. The van der Waals surface area contributed by atoms with Gasteiger partial charge < -0.3 is 15.0 Å². The normalized spacial score (nSPS) is 14.8. The Labute approximate surface area is 164 Å². The molecule has 3 rings (SSSR count). The first-order chi connectivity index (χ1) is 12.8. The van der Waals surface area contributed by atoms with Crippen molar-refractivity contribution < 1.29 is 14.3 Å². The minimum Gasteiger partial charge on any atom is -0.494 e. The highest BCUT2D eigenvalue weighted by Gasteiger charge is 2.44. The van der Waals surface area contributed by atoms with E-state index in [1.807, 2.05) is 45.0 Å². The second kappa shape index (κ2) is 7.61. The topological polar surface area (TPSA) is 58.6 Å². The Hall–Kier alpha value is -2.53. The number of nitrogens with zero attached hydrogens (tertiary/aromatic N) is 1. The number of hydrogen-bond donors (Lipinski definition) is 1. The molecule has 142 valence electrons. The van der Waals surface area contributed by atoms with Crippen LogP contribution in [0.5, 0.6) is 5.75 Å². The van der Waals surface area contributed by atoms with Gasteiger partial charge in [-0.1, -0.05) is 29.8 Å². The maximum atomic E-state index is 12.8. The van der Waals surface area contributed by atoms with Gasteiger partial charge in [-0.15, -0.1) is 0 Å². The number of fused-ring (bicyclic) bond motifs is 1. The highest BCUT2D eigenvalue weighted by atomic mass is 35.5. The van der Waals surface area contributed by atoms with Gasteiger partial charge in [0.1, 0.15) is 12.3 Å². The summed E-state index contributed by atoms with van der Waals surface area (Å²) in [6, 6.07) is 12.9. The number of ether oxygens (including phenoxy) is 1. The summed E-state index contributed by atoms with van der Waals surface area (Å²) in [5.41, 5.74) is 1.77. The highest BCUT2D eigenvalue weighted by molar-refractivity contribution is 6.31. The van der Waals surface area contributed by atoms with Crippen molar-refractivity contribution in [1.29, 1.82) is 0 Å². The molecular formula is C21H23ClN2O3. The Kier molecular flexibility index (Phi) is 5.42. The van der Waals surface area contributed by atoms with Gasteiger partial charge in [-0.2, -0.15) is 0 Å². The lowest BCUT2D eigenvalue weighted by Crippen LogP contribution is -2.42. The number of rotatable bonds is 6. The van der Waals surface area contributed by atoms with Gasteiger partial charge in [0.15, 0.2) is 0 Å². The molecule has 1 aliphatic heterocycles. The Morgan fingerprint density at radius 2 is 1.96 bits per heavy atom. The van der Waals surface area contributed by atoms with Gasteiger partial charge in [0.25, 0.3) is 0 Å². The third-order valence-corrected chi connectivity index (χ3v) is 4.99. The zero-order valence-corrected chi connectivity index (χ0v) is 16.5. The van der Waals surface area contributed by atoms with Crippen LogP contribution in [0.15, 0.2) is 42.5 Å². The fraction of sp³-hybridized carbons (Fsp3) is 0.333. The number of para-hydroxylation sites is 1. The first kappa shape index (κ1) is 19.2. The minimum atomic E-state index is -0.706. The molecule has 1 N–H and O–H groups in total. The Morgan fingerprint density at radius 1 is 1.22 bits per heavy atom. The number of carbonyl (C=O) groups excluding carboxylic acids is 2. The number of benzene rings is 2. The molecule has 0 bridgehead atoms. The van der Waals surface area contributed by atoms with E-state index in [1.54, 1.807) is 18.2 Å². The number of amides is 2. The van der Waals surface area contributed by atoms with E-state index in [0.717, 1.165) is 22.6 Å². The third-order valence-electron chi connectivity index (χ3n) is 4.75. The second-order valence-electron chi connectivity index (χ2n) is 7.00. The fourth-order valence-electron chi connectivity index (χ4n) is 3.30. The largest absolute Gasteiger partial charge is 0.494 e. The SMILES string of the molecule is CCOc1ccccc1CNC(=O)CN1C(=O)C(C)(C)c2cc(Cl)ccc21. The molecule has 6 heteroatoms. The van der Waals surface area contributed by atoms with E-state index in [1.165, 1.54) is 4.90 Å². The summed E-state index contributed by atoms with van der Waals surface area (Å²) in [5.74, 6) is 0.413. The van der Waals surface area contributed by atoms with Gasteiger partial charge in [-0.05, 0) is 50.6 Å². The molecule has 0 saturated carbocycles. The average molecular weight is 387 g/mol. The molecule has 0 unspecified atom stereocenters. The Morgan fingerprint density at radius 3 is 2.70 bits per heavy atom. The van der Waals surface area contributed by atoms with E-state index >= 15 is 0 Å². The van der Waals surface area contributed by atoms with E-state index in [-0.39, 0.29) is 18.4 Å². The lowest BCUT2D eigenvalue weighted by molar-refractivity contribution is -0.125. The van der Waals surface area contributed by atoms with Gasteiger partial charge >= 0.3 is 0 Å². The van der Waals surface area contributed by atoms with Gasteiger partial charge in [-0.3, -0.25) is 9.59 Å². The number of anilines is 1. The zero-order chi connectivity index (χ0) is 19.6. The molecule has 2 amide bonds. The number of carbonyl (C=O) groups is 2. The molecule has 0 atom stereocenters. The molecular weight excluding hydrogens is 364 g/mol. The monoisotopic (exact) mass is 386 g/mol. The van der Waals surface area contributed by atoms with E-state index in [0.29, 0.717) is 18.2 Å². The van der Waals surface area contributed by atoms with Crippen molar-refractivity contribution in [3.05, 3.63) is 58.6 Å². The smallest absolute Gasteiger partial charge is 0.240 e. The highest BCUT2D eigenvalue weighted by Crippen LogP contribution is 2.42. The van der Waals surface area contributed by atoms with Crippen LogP contribution in [0.4, 0.5) is 5.69 Å². The summed E-state index contributed by atoms with van der Waals surface area (Å²) in [7, 11) is 0. The molecule has 0 radical (unpaired) electrons. The second-order valence-corrected chi connectivity index (χ2v) is 7.43. The van der Waals surface area contributed by atoms with Crippen molar-refractivity contribution in [2.75, 3.05) is 18.1 Å². The van der Waals surface area contributed by atoms with Crippen molar-refractivity contribution in [2.45, 2.75) is 32.7 Å². The van der Waals surface area contributed by atoms with Crippen molar-refractivity contribution in [3.63, 3.8) is 0 Å². The molecule has 0 aromatic heterocycles. The van der Waals surface area contributed by atoms with Crippen molar-refractivity contribution in [3.8, 4) is 5.75 Å². The van der Waals surface area contributed by atoms with Crippen LogP contribution in [0.2, 0.25) is 5.02 Å². The fourth-order valence-corrected chi connectivity index (χ4v) is 3.47. The molecule has 2 aromatic rings. The van der Waals surface area contributed by atoms with Crippen LogP contribution in [0, 0.1) is 0 Å². The van der Waals surface area contributed by atoms with E-state index in [9.17, 15) is 9.59 Å². The van der Waals surface area contributed by atoms with E-state index in [4.69, 9.17) is 16.3 Å². The van der Waals surface area contributed by atoms with Crippen LogP contribution >= 0.6 is 11.6 Å². The zero-order valence-electron chi connectivity index (χ0n) is 15.7. The molecule has 5 nitrogen and oxygen atoms in total. The average Bonchev–Trinajstić information content (AvgIpc) is 2.82. The summed E-state index contributed by atoms with van der Waals surface area (Å²) >= 11 is 6.09. The van der Waals surface area contributed by atoms with Gasteiger partial charge in [0, 0.05) is 22.8 Å². The number of hydrogen-bond acceptors (Lipinski definition) is 3. The van der Waals surface area contributed by atoms with Crippen molar-refractivity contribution in [1.82, 2.24) is 5.32 Å². The van der Waals surface area contributed by atoms with Crippen LogP contribution in [-0.2, 0) is 21.5 Å². The minimum absolute atomic E-state index is 0.0340. The van der Waals surface area contributed by atoms with Crippen LogP contribution in [0.1, 0.15) is 31.9 Å². The molecule has 0 aliphatic carbocycles. The van der Waals surface area contributed by atoms with Crippen molar-refractivity contribution in [2.24, 2.45) is 0 Å². The molecule has 1 heterocycles. The predicted octanol–water partition coefficient (Wildman–Crippen LogP) is 3.68. The molecule has 27 heavy (non-hydrogen) atoms. The quantitative estimate of drug-likeness (QED) is 0.823. The summed E-state index contributed by atoms with van der Waals surface area (Å²) in [6.07, 6.45) is 0. The first-order valence-corrected chi connectivity index (χ1v) is 9.31. The molecule has 0 saturated heterocycles. The van der Waals surface area contributed by atoms with Crippen LogP contribution < -0.4 is 15.0 Å². The van der Waals surface area contributed by atoms with Crippen LogP contribution in [0.25, 0.3) is 0 Å². The molecule has 0 fully saturated rings. The predicted molar refractivity (Wildman–Crippen MR) is 106 cm³/mol. The molecule has 2 aromatic carbocycles. The van der Waals surface area contributed by atoms with Crippen LogP contribution in [-0.4, -0.2) is 25.0 Å². The van der Waals surface area contributed by atoms with Gasteiger partial charge in [0.2, 0.25) is 11.8 Å². The molecule has 1 aliphatic rings. The Bertz CT molecular complexity index is 879. The summed E-state index contributed by atoms with van der Waals surface area (Å²) in [6.45, 7) is 6.48. The lowest BCUT2D eigenvalue weighted by atomic mass is 9.86. The summed E-state index contributed by atoms with van der Waals surface area (Å²) in [5, 5.41) is 3.45. The third kappa shape index (κ3) is 3.78. The Balaban J connectivity index is 1.71.